The number of ether oxygens (including phenoxy) is 1. The number of carbonyl (C=O) groups excluding carboxylic acids is 1. The van der Waals surface area contributed by atoms with E-state index in [0.29, 0.717) is 18.4 Å². The van der Waals surface area contributed by atoms with Crippen LogP contribution in [0, 0.1) is 5.92 Å². The van der Waals surface area contributed by atoms with Crippen LogP contribution in [-0.4, -0.2) is 37.0 Å². The highest BCUT2D eigenvalue weighted by Crippen LogP contribution is 2.48. The highest BCUT2D eigenvalue weighted by Gasteiger charge is 2.52. The molecule has 6 rings (SSSR count). The van der Waals surface area contributed by atoms with Gasteiger partial charge in [-0.2, -0.15) is 0 Å². The Morgan fingerprint density at radius 1 is 0.912 bits per heavy atom. The number of hydrogen-bond acceptors (Lipinski definition) is 3. The van der Waals surface area contributed by atoms with E-state index in [1.54, 1.807) is 0 Å². The van der Waals surface area contributed by atoms with Crippen molar-refractivity contribution in [2.45, 2.75) is 36.6 Å². The van der Waals surface area contributed by atoms with E-state index >= 15 is 0 Å². The fraction of sp³-hybridized carbons (Fsp3) is 0.367. The average molecular weight is 453 g/mol. The molecule has 0 aliphatic carbocycles. The van der Waals surface area contributed by atoms with Gasteiger partial charge in [0.1, 0.15) is 5.75 Å². The number of nitrogens with one attached hydrogen (secondary N) is 1. The van der Waals surface area contributed by atoms with Gasteiger partial charge in [-0.1, -0.05) is 78.9 Å². The first-order valence-electron chi connectivity index (χ1n) is 12.6. The number of nitrogens with zero attached hydrogens (tertiary/aromatic N) is 1. The number of rotatable bonds is 3. The number of hydrogen-bond donors (Lipinski definition) is 1. The summed E-state index contributed by atoms with van der Waals surface area (Å²) in [7, 11) is 0. The second-order valence-corrected chi connectivity index (χ2v) is 10.0. The zero-order valence-electron chi connectivity index (χ0n) is 19.5. The van der Waals surface area contributed by atoms with E-state index in [-0.39, 0.29) is 17.4 Å². The van der Waals surface area contributed by atoms with Crippen LogP contribution < -0.4 is 10.1 Å². The van der Waals surface area contributed by atoms with Crippen molar-refractivity contribution in [2.24, 2.45) is 5.92 Å². The van der Waals surface area contributed by atoms with Crippen molar-refractivity contribution < 1.29 is 9.53 Å². The van der Waals surface area contributed by atoms with Gasteiger partial charge in [0.25, 0.3) is 0 Å². The summed E-state index contributed by atoms with van der Waals surface area (Å²) < 4.78 is 5.98. The highest BCUT2D eigenvalue weighted by atomic mass is 16.5. The van der Waals surface area contributed by atoms with Gasteiger partial charge in [-0.25, -0.2) is 0 Å². The molecule has 3 aromatic carbocycles. The molecule has 3 aliphatic heterocycles. The first kappa shape index (κ1) is 21.4. The van der Waals surface area contributed by atoms with E-state index < -0.39 is 0 Å². The molecule has 3 aromatic rings. The Bertz CT molecular complexity index is 1150. The lowest BCUT2D eigenvalue weighted by molar-refractivity contribution is -0.141. The van der Waals surface area contributed by atoms with E-state index in [9.17, 15) is 4.79 Å². The van der Waals surface area contributed by atoms with E-state index in [4.69, 9.17) is 4.74 Å². The number of amides is 1. The summed E-state index contributed by atoms with van der Waals surface area (Å²) >= 11 is 0. The van der Waals surface area contributed by atoms with Crippen LogP contribution in [0.1, 0.15) is 47.9 Å². The third-order valence-corrected chi connectivity index (χ3v) is 8.32. The summed E-state index contributed by atoms with van der Waals surface area (Å²) in [5.74, 6) is 1.63. The van der Waals surface area contributed by atoms with Crippen molar-refractivity contribution in [3.8, 4) is 5.75 Å². The van der Waals surface area contributed by atoms with E-state index in [0.717, 1.165) is 44.6 Å². The molecule has 0 aromatic heterocycles. The summed E-state index contributed by atoms with van der Waals surface area (Å²) in [4.78, 5) is 16.6. The highest BCUT2D eigenvalue weighted by molar-refractivity contribution is 5.82. The van der Waals surface area contributed by atoms with Crippen LogP contribution >= 0.6 is 0 Å². The van der Waals surface area contributed by atoms with Crippen LogP contribution in [0.2, 0.25) is 0 Å². The number of carbonyl (C=O) groups is 1. The molecule has 4 nitrogen and oxygen atoms in total. The number of fused-ring (bicyclic) bond motifs is 2. The fourth-order valence-electron chi connectivity index (χ4n) is 6.56. The molecule has 2 fully saturated rings. The lowest BCUT2D eigenvalue weighted by atomic mass is 9.68. The van der Waals surface area contributed by atoms with Crippen molar-refractivity contribution >= 4 is 5.91 Å². The van der Waals surface area contributed by atoms with Gasteiger partial charge < -0.3 is 15.0 Å². The number of benzene rings is 3. The molecule has 4 atom stereocenters. The quantitative estimate of drug-likeness (QED) is 0.603. The molecule has 174 valence electrons. The third kappa shape index (κ3) is 3.61. The van der Waals surface area contributed by atoms with Gasteiger partial charge in [-0.3, -0.25) is 4.79 Å². The minimum atomic E-state index is -0.191. The Kier molecular flexibility index (Phi) is 5.62. The SMILES string of the molecule is O=C(C1CNC[C@@]12CCOc1ccccc12)N1CC[C@@H](c2ccccc2)C[C@H]1c1ccccc1. The molecule has 1 unspecified atom stereocenters. The molecule has 1 spiro atoms. The number of piperidine rings is 1. The van der Waals surface area contributed by atoms with Crippen LogP contribution in [0.5, 0.6) is 5.75 Å². The Labute approximate surface area is 201 Å². The van der Waals surface area contributed by atoms with Gasteiger partial charge in [0.2, 0.25) is 5.91 Å². The standard InChI is InChI=1S/C30H32N2O2/c33-29(26-20-31-21-30(26)16-18-34-28-14-8-7-13-25(28)30)32-17-15-24(22-9-3-1-4-10-22)19-27(32)23-11-5-2-6-12-23/h1-14,24,26-27,31H,15-21H2/t24-,26?,27+,30-/m1/s1. The largest absolute Gasteiger partial charge is 0.493 e. The van der Waals surface area contributed by atoms with Crippen LogP contribution in [0.15, 0.2) is 84.9 Å². The molecule has 2 saturated heterocycles. The predicted molar refractivity (Wildman–Crippen MR) is 134 cm³/mol. The smallest absolute Gasteiger partial charge is 0.228 e. The van der Waals surface area contributed by atoms with Crippen LogP contribution in [-0.2, 0) is 10.2 Å². The monoisotopic (exact) mass is 452 g/mol. The summed E-state index contributed by atoms with van der Waals surface area (Å²) in [6, 6.07) is 29.8. The second-order valence-electron chi connectivity index (χ2n) is 10.0. The molecule has 3 aliphatic rings. The van der Waals surface area contributed by atoms with Gasteiger partial charge in [0.05, 0.1) is 18.6 Å². The Balaban J connectivity index is 1.34. The Morgan fingerprint density at radius 3 is 2.41 bits per heavy atom. The van der Waals surface area contributed by atoms with Gasteiger partial charge in [-0.05, 0) is 42.4 Å². The van der Waals surface area contributed by atoms with Crippen molar-refractivity contribution in [1.29, 1.82) is 0 Å². The summed E-state index contributed by atoms with van der Waals surface area (Å²) in [6.07, 6.45) is 2.85. The summed E-state index contributed by atoms with van der Waals surface area (Å²) in [5.41, 5.74) is 3.63. The maximum atomic E-state index is 14.4. The van der Waals surface area contributed by atoms with Crippen LogP contribution in [0.4, 0.5) is 0 Å². The first-order valence-corrected chi connectivity index (χ1v) is 12.6. The maximum absolute atomic E-state index is 14.4. The topological polar surface area (TPSA) is 41.6 Å². The molecule has 1 amide bonds. The number of para-hydroxylation sites is 1. The molecule has 3 heterocycles. The van der Waals surface area contributed by atoms with Gasteiger partial charge in [0, 0.05) is 30.6 Å². The van der Waals surface area contributed by atoms with Crippen molar-refractivity contribution in [1.82, 2.24) is 10.2 Å². The minimum Gasteiger partial charge on any atom is -0.493 e. The molecule has 4 heteroatoms. The normalized spacial score (nSPS) is 28.4. The lowest BCUT2D eigenvalue weighted by Gasteiger charge is -2.45. The fourth-order valence-corrected chi connectivity index (χ4v) is 6.56. The van der Waals surface area contributed by atoms with Crippen molar-refractivity contribution in [3.05, 3.63) is 102 Å². The predicted octanol–water partition coefficient (Wildman–Crippen LogP) is 5.07. The Morgan fingerprint density at radius 2 is 1.62 bits per heavy atom. The molecular formula is C30H32N2O2. The van der Waals surface area contributed by atoms with Gasteiger partial charge in [-0.15, -0.1) is 0 Å². The van der Waals surface area contributed by atoms with Crippen molar-refractivity contribution in [2.75, 3.05) is 26.2 Å². The lowest BCUT2D eigenvalue weighted by Crippen LogP contribution is -2.50. The van der Waals surface area contributed by atoms with Crippen molar-refractivity contribution in [3.63, 3.8) is 0 Å². The molecule has 34 heavy (non-hydrogen) atoms. The van der Waals surface area contributed by atoms with Gasteiger partial charge >= 0.3 is 0 Å². The zero-order chi connectivity index (χ0) is 23.0. The van der Waals surface area contributed by atoms with E-state index in [2.05, 4.69) is 83.0 Å². The molecule has 1 N–H and O–H groups in total. The molecule has 0 saturated carbocycles. The van der Waals surface area contributed by atoms with Gasteiger partial charge in [0.15, 0.2) is 0 Å². The van der Waals surface area contributed by atoms with Crippen LogP contribution in [0.3, 0.4) is 0 Å². The average Bonchev–Trinajstić information content (AvgIpc) is 3.33. The third-order valence-electron chi connectivity index (χ3n) is 8.32. The number of likely N-dealkylation sites (tertiary alicyclic amines) is 1. The Hall–Kier alpha value is -3.11. The minimum absolute atomic E-state index is 0.0722. The van der Waals surface area contributed by atoms with E-state index in [1.165, 1.54) is 16.7 Å². The second kappa shape index (κ2) is 8.92. The molecular weight excluding hydrogens is 420 g/mol. The van der Waals surface area contributed by atoms with E-state index in [1.807, 2.05) is 12.1 Å². The zero-order valence-corrected chi connectivity index (χ0v) is 19.5. The summed E-state index contributed by atoms with van der Waals surface area (Å²) in [5, 5.41) is 3.58. The van der Waals surface area contributed by atoms with Crippen LogP contribution in [0.25, 0.3) is 0 Å². The summed E-state index contributed by atoms with van der Waals surface area (Å²) in [6.45, 7) is 3.02. The first-order chi connectivity index (χ1) is 16.8. The maximum Gasteiger partial charge on any atom is 0.228 e. The molecule has 0 bridgehead atoms. The molecule has 0 radical (unpaired) electrons.